The Morgan fingerprint density at radius 2 is 2.00 bits per heavy atom. The van der Waals surface area contributed by atoms with Crippen LogP contribution in [0.5, 0.6) is 0 Å². The van der Waals surface area contributed by atoms with E-state index in [0.29, 0.717) is 5.69 Å². The first-order valence-electron chi connectivity index (χ1n) is 6.15. The van der Waals surface area contributed by atoms with Crippen molar-refractivity contribution in [2.45, 2.75) is 33.8 Å². The second-order valence-corrected chi connectivity index (χ2v) is 5.04. The van der Waals surface area contributed by atoms with Crippen molar-refractivity contribution in [3.63, 3.8) is 0 Å². The Bertz CT molecular complexity index is 437. The Hall–Kier alpha value is -1.91. The van der Waals surface area contributed by atoms with Crippen LogP contribution >= 0.6 is 0 Å². The van der Waals surface area contributed by atoms with Crippen molar-refractivity contribution < 1.29 is 19.1 Å². The van der Waals surface area contributed by atoms with Gasteiger partial charge >= 0.3 is 11.9 Å². The van der Waals surface area contributed by atoms with E-state index in [4.69, 9.17) is 9.47 Å². The largest absolute Gasteiger partial charge is 0.463 e. The molecular formula is C14H19NO4. The molecule has 0 aliphatic carbocycles. The summed E-state index contributed by atoms with van der Waals surface area (Å²) in [6, 6.07) is 5.06. The van der Waals surface area contributed by atoms with Gasteiger partial charge in [0.2, 0.25) is 6.10 Å². The first kappa shape index (κ1) is 15.1. The lowest BCUT2D eigenvalue weighted by atomic mass is 9.97. The van der Waals surface area contributed by atoms with Crippen molar-refractivity contribution in [3.05, 3.63) is 30.1 Å². The predicted molar refractivity (Wildman–Crippen MR) is 69.2 cm³/mol. The molecule has 1 rings (SSSR count). The van der Waals surface area contributed by atoms with Gasteiger partial charge in [0.1, 0.15) is 0 Å². The molecule has 1 unspecified atom stereocenters. The Labute approximate surface area is 112 Å². The van der Waals surface area contributed by atoms with Gasteiger partial charge in [-0.1, -0.05) is 6.07 Å². The summed E-state index contributed by atoms with van der Waals surface area (Å²) in [5.41, 5.74) is -0.335. The standard InChI is InChI=1S/C14H19NO4/c1-5-18-12(16)11(10-8-6-7-9-15-10)19-13(17)14(2,3)4/h6-9,11H,5H2,1-4H3. The molecule has 1 atom stereocenters. The molecule has 0 spiro atoms. The average Bonchev–Trinajstić information content (AvgIpc) is 2.35. The lowest BCUT2D eigenvalue weighted by Gasteiger charge is -2.21. The number of esters is 2. The van der Waals surface area contributed by atoms with Crippen LogP contribution in [0.3, 0.4) is 0 Å². The molecule has 0 aromatic carbocycles. The van der Waals surface area contributed by atoms with Crippen molar-refractivity contribution in [2.24, 2.45) is 5.41 Å². The predicted octanol–water partition coefficient (Wildman–Crippen LogP) is 2.28. The van der Waals surface area contributed by atoms with E-state index in [1.165, 1.54) is 6.20 Å². The highest BCUT2D eigenvalue weighted by atomic mass is 16.6. The van der Waals surface area contributed by atoms with Gasteiger partial charge in [0, 0.05) is 6.20 Å². The van der Waals surface area contributed by atoms with Crippen molar-refractivity contribution in [3.8, 4) is 0 Å². The van der Waals surface area contributed by atoms with E-state index >= 15 is 0 Å². The lowest BCUT2D eigenvalue weighted by molar-refractivity contribution is -0.173. The van der Waals surface area contributed by atoms with Gasteiger partial charge in [-0.15, -0.1) is 0 Å². The number of hydrogen-bond acceptors (Lipinski definition) is 5. The van der Waals surface area contributed by atoms with Crippen molar-refractivity contribution in [2.75, 3.05) is 6.61 Å². The molecule has 19 heavy (non-hydrogen) atoms. The molecule has 5 heteroatoms. The minimum atomic E-state index is -1.12. The summed E-state index contributed by atoms with van der Waals surface area (Å²) in [7, 11) is 0. The number of aromatic nitrogens is 1. The van der Waals surface area contributed by atoms with E-state index in [1.54, 1.807) is 45.9 Å². The maximum atomic E-state index is 11.9. The van der Waals surface area contributed by atoms with E-state index in [9.17, 15) is 9.59 Å². The van der Waals surface area contributed by atoms with Crippen LogP contribution in [0.4, 0.5) is 0 Å². The van der Waals surface area contributed by atoms with Gasteiger partial charge in [-0.05, 0) is 39.8 Å². The molecule has 0 amide bonds. The monoisotopic (exact) mass is 265 g/mol. The Morgan fingerprint density at radius 1 is 1.32 bits per heavy atom. The van der Waals surface area contributed by atoms with Crippen LogP contribution in [0.1, 0.15) is 39.5 Å². The summed E-state index contributed by atoms with van der Waals surface area (Å²) >= 11 is 0. The minimum Gasteiger partial charge on any atom is -0.463 e. The normalized spacial score (nSPS) is 12.6. The number of rotatable bonds is 4. The zero-order valence-electron chi connectivity index (χ0n) is 11.7. The smallest absolute Gasteiger partial charge is 0.353 e. The summed E-state index contributed by atoms with van der Waals surface area (Å²) in [5.74, 6) is -1.09. The number of ether oxygens (including phenoxy) is 2. The van der Waals surface area contributed by atoms with Crippen LogP contribution in [0, 0.1) is 5.41 Å². The number of pyridine rings is 1. The number of carbonyl (C=O) groups is 2. The first-order chi connectivity index (χ1) is 8.86. The van der Waals surface area contributed by atoms with Crippen LogP contribution in [0.25, 0.3) is 0 Å². The second-order valence-electron chi connectivity index (χ2n) is 5.04. The Morgan fingerprint density at radius 3 is 2.47 bits per heavy atom. The van der Waals surface area contributed by atoms with Gasteiger partial charge in [0.05, 0.1) is 17.7 Å². The van der Waals surface area contributed by atoms with E-state index in [1.807, 2.05) is 0 Å². The van der Waals surface area contributed by atoms with E-state index < -0.39 is 23.5 Å². The third-order valence-electron chi connectivity index (χ3n) is 2.29. The maximum Gasteiger partial charge on any atom is 0.353 e. The van der Waals surface area contributed by atoms with Crippen LogP contribution < -0.4 is 0 Å². The SMILES string of the molecule is CCOC(=O)C(OC(=O)C(C)(C)C)c1ccccn1. The molecule has 1 aromatic heterocycles. The summed E-state index contributed by atoms with van der Waals surface area (Å²) in [5, 5.41) is 0. The molecule has 0 saturated heterocycles. The van der Waals surface area contributed by atoms with Gasteiger partial charge < -0.3 is 9.47 Å². The van der Waals surface area contributed by atoms with Gasteiger partial charge in [0.15, 0.2) is 0 Å². The van der Waals surface area contributed by atoms with Crippen molar-refractivity contribution in [1.29, 1.82) is 0 Å². The fraction of sp³-hybridized carbons (Fsp3) is 0.500. The van der Waals surface area contributed by atoms with Crippen LogP contribution in [0.2, 0.25) is 0 Å². The lowest BCUT2D eigenvalue weighted by Crippen LogP contribution is -2.29. The highest BCUT2D eigenvalue weighted by Crippen LogP contribution is 2.23. The summed E-state index contributed by atoms with van der Waals surface area (Å²) in [6.45, 7) is 7.07. The molecule has 104 valence electrons. The minimum absolute atomic E-state index is 0.217. The quantitative estimate of drug-likeness (QED) is 0.781. The molecule has 1 heterocycles. The number of nitrogens with zero attached hydrogens (tertiary/aromatic N) is 1. The Kier molecular flexibility index (Phi) is 5.03. The van der Waals surface area contributed by atoms with Gasteiger partial charge in [-0.3, -0.25) is 9.78 Å². The average molecular weight is 265 g/mol. The molecule has 0 N–H and O–H groups in total. The summed E-state index contributed by atoms with van der Waals surface area (Å²) < 4.78 is 10.2. The Balaban J connectivity index is 2.94. The fourth-order valence-electron chi connectivity index (χ4n) is 1.26. The molecule has 5 nitrogen and oxygen atoms in total. The van der Waals surface area contributed by atoms with Crippen LogP contribution in [0.15, 0.2) is 24.4 Å². The third-order valence-corrected chi connectivity index (χ3v) is 2.29. The molecule has 0 saturated carbocycles. The van der Waals surface area contributed by atoms with Crippen LogP contribution in [-0.4, -0.2) is 23.5 Å². The molecule has 0 aliphatic rings. The molecule has 0 aliphatic heterocycles. The van der Waals surface area contributed by atoms with Crippen molar-refractivity contribution >= 4 is 11.9 Å². The maximum absolute atomic E-state index is 11.9. The first-order valence-corrected chi connectivity index (χ1v) is 6.15. The van der Waals surface area contributed by atoms with Gasteiger partial charge in [-0.2, -0.15) is 0 Å². The van der Waals surface area contributed by atoms with E-state index in [-0.39, 0.29) is 6.61 Å². The second kappa shape index (κ2) is 6.31. The zero-order valence-corrected chi connectivity index (χ0v) is 11.7. The summed E-state index contributed by atoms with van der Waals surface area (Å²) in [6.07, 6.45) is 0.417. The number of hydrogen-bond donors (Lipinski definition) is 0. The molecule has 0 bridgehead atoms. The highest BCUT2D eigenvalue weighted by Gasteiger charge is 2.32. The topological polar surface area (TPSA) is 65.5 Å². The molecule has 1 aromatic rings. The van der Waals surface area contributed by atoms with Gasteiger partial charge in [0.25, 0.3) is 0 Å². The molecular weight excluding hydrogens is 246 g/mol. The number of carbonyl (C=O) groups excluding carboxylic acids is 2. The van der Waals surface area contributed by atoms with E-state index in [2.05, 4.69) is 4.98 Å². The molecule has 0 fully saturated rings. The highest BCUT2D eigenvalue weighted by molar-refractivity contribution is 5.82. The van der Waals surface area contributed by atoms with E-state index in [0.717, 1.165) is 0 Å². The third kappa shape index (κ3) is 4.35. The van der Waals surface area contributed by atoms with Gasteiger partial charge in [-0.25, -0.2) is 4.79 Å². The molecule has 0 radical (unpaired) electrons. The summed E-state index contributed by atoms with van der Waals surface area (Å²) in [4.78, 5) is 27.8. The van der Waals surface area contributed by atoms with Crippen molar-refractivity contribution in [1.82, 2.24) is 4.98 Å². The van der Waals surface area contributed by atoms with Crippen LogP contribution in [-0.2, 0) is 19.1 Å². The zero-order chi connectivity index (χ0) is 14.5. The fourth-order valence-corrected chi connectivity index (χ4v) is 1.26.